The first-order valence-corrected chi connectivity index (χ1v) is 8.80. The van der Waals surface area contributed by atoms with E-state index in [9.17, 15) is 4.79 Å². The molecule has 1 heterocycles. The van der Waals surface area contributed by atoms with Crippen LogP contribution < -0.4 is 5.73 Å². The summed E-state index contributed by atoms with van der Waals surface area (Å²) >= 11 is 11.9. The van der Waals surface area contributed by atoms with E-state index in [-0.39, 0.29) is 30.5 Å². The van der Waals surface area contributed by atoms with Gasteiger partial charge in [0.2, 0.25) is 5.91 Å². The Bertz CT molecular complexity index is 533. The van der Waals surface area contributed by atoms with Gasteiger partial charge in [0.1, 0.15) is 0 Å². The van der Waals surface area contributed by atoms with Gasteiger partial charge in [-0.1, -0.05) is 29.3 Å². The zero-order valence-electron chi connectivity index (χ0n) is 13.8. The number of nitrogens with two attached hydrogens (primary N) is 1. The number of piperidine rings is 1. The van der Waals surface area contributed by atoms with E-state index in [1.54, 1.807) is 6.07 Å². The summed E-state index contributed by atoms with van der Waals surface area (Å²) in [6, 6.07) is 5.60. The average molecular weight is 396 g/mol. The maximum Gasteiger partial charge on any atom is 0.222 e. The van der Waals surface area contributed by atoms with E-state index in [2.05, 4.69) is 0 Å². The molecule has 1 amide bonds. The van der Waals surface area contributed by atoms with Crippen molar-refractivity contribution in [1.82, 2.24) is 4.90 Å². The van der Waals surface area contributed by atoms with Crippen molar-refractivity contribution in [3.05, 3.63) is 33.8 Å². The largest absolute Gasteiger partial charge is 0.373 e. The van der Waals surface area contributed by atoms with Crippen LogP contribution in [0.25, 0.3) is 0 Å². The molecule has 1 saturated heterocycles. The third-order valence-corrected chi connectivity index (χ3v) is 4.82. The van der Waals surface area contributed by atoms with Crippen molar-refractivity contribution in [2.45, 2.75) is 51.4 Å². The van der Waals surface area contributed by atoms with Crippen molar-refractivity contribution >= 4 is 41.5 Å². The van der Waals surface area contributed by atoms with Crippen LogP contribution in [0.15, 0.2) is 18.2 Å². The highest BCUT2D eigenvalue weighted by molar-refractivity contribution is 6.42. The molecule has 0 aliphatic carbocycles. The van der Waals surface area contributed by atoms with Crippen LogP contribution >= 0.6 is 35.6 Å². The molecule has 1 unspecified atom stereocenters. The third kappa shape index (κ3) is 6.77. The van der Waals surface area contributed by atoms with Crippen molar-refractivity contribution in [2.24, 2.45) is 5.73 Å². The fraction of sp³-hybridized carbons (Fsp3) is 0.588. The molecule has 2 N–H and O–H groups in total. The third-order valence-electron chi connectivity index (χ3n) is 4.08. The van der Waals surface area contributed by atoms with Gasteiger partial charge in [-0.05, 0) is 43.9 Å². The van der Waals surface area contributed by atoms with E-state index < -0.39 is 0 Å². The molecule has 4 nitrogen and oxygen atoms in total. The summed E-state index contributed by atoms with van der Waals surface area (Å²) in [5.41, 5.74) is 6.71. The Hall–Kier alpha value is -0.520. The number of rotatable bonds is 6. The molecule has 0 aromatic heterocycles. The Morgan fingerprint density at radius 1 is 1.33 bits per heavy atom. The van der Waals surface area contributed by atoms with Gasteiger partial charge in [0, 0.05) is 25.6 Å². The number of ether oxygens (including phenoxy) is 1. The van der Waals surface area contributed by atoms with Gasteiger partial charge in [-0.2, -0.15) is 0 Å². The summed E-state index contributed by atoms with van der Waals surface area (Å²) in [5, 5.41) is 1.09. The Balaban J connectivity index is 0.00000288. The van der Waals surface area contributed by atoms with Crippen molar-refractivity contribution in [3.63, 3.8) is 0 Å². The smallest absolute Gasteiger partial charge is 0.222 e. The maximum absolute atomic E-state index is 12.1. The van der Waals surface area contributed by atoms with Crippen LogP contribution in [0, 0.1) is 0 Å². The minimum Gasteiger partial charge on any atom is -0.373 e. The second-order valence-corrected chi connectivity index (χ2v) is 6.97. The van der Waals surface area contributed by atoms with Gasteiger partial charge in [-0.25, -0.2) is 0 Å². The van der Waals surface area contributed by atoms with E-state index in [4.69, 9.17) is 33.7 Å². The summed E-state index contributed by atoms with van der Waals surface area (Å²) in [5.74, 6) is 0.199. The number of benzene rings is 1. The van der Waals surface area contributed by atoms with Crippen LogP contribution in [-0.2, 0) is 16.1 Å². The van der Waals surface area contributed by atoms with Crippen LogP contribution in [0.5, 0.6) is 0 Å². The van der Waals surface area contributed by atoms with Crippen LogP contribution in [0.3, 0.4) is 0 Å². The zero-order valence-corrected chi connectivity index (χ0v) is 16.2. The van der Waals surface area contributed by atoms with Gasteiger partial charge in [-0.15, -0.1) is 12.4 Å². The number of amides is 1. The molecule has 1 atom stereocenters. The number of likely N-dealkylation sites (tertiary alicyclic amines) is 1. The van der Waals surface area contributed by atoms with Gasteiger partial charge in [0.05, 0.1) is 22.8 Å². The zero-order chi connectivity index (χ0) is 16.8. The van der Waals surface area contributed by atoms with E-state index >= 15 is 0 Å². The molecule has 0 spiro atoms. The monoisotopic (exact) mass is 394 g/mol. The molecule has 1 aliphatic heterocycles. The maximum atomic E-state index is 12.1. The normalized spacial score (nSPS) is 16.6. The highest BCUT2D eigenvalue weighted by Gasteiger charge is 2.23. The standard InChI is InChI=1S/C17H24Cl2N2O2.ClH/c1-12(20)2-5-17(22)21-8-6-14(7-9-21)23-11-13-3-4-15(18)16(19)10-13;/h3-4,10,12,14H,2,5-9,11,20H2,1H3;1H. The summed E-state index contributed by atoms with van der Waals surface area (Å²) in [6.07, 6.45) is 3.19. The van der Waals surface area contributed by atoms with E-state index in [0.29, 0.717) is 23.1 Å². The van der Waals surface area contributed by atoms with Gasteiger partial charge in [-0.3, -0.25) is 4.79 Å². The quantitative estimate of drug-likeness (QED) is 0.790. The van der Waals surface area contributed by atoms with Crippen LogP contribution in [0.4, 0.5) is 0 Å². The number of carbonyl (C=O) groups excluding carboxylic acids is 1. The molecule has 24 heavy (non-hydrogen) atoms. The van der Waals surface area contributed by atoms with Crippen molar-refractivity contribution in [1.29, 1.82) is 0 Å². The van der Waals surface area contributed by atoms with Crippen LogP contribution in [-0.4, -0.2) is 36.0 Å². The van der Waals surface area contributed by atoms with E-state index in [0.717, 1.165) is 37.9 Å². The minimum absolute atomic E-state index is 0. The second-order valence-electron chi connectivity index (χ2n) is 6.16. The predicted molar refractivity (Wildman–Crippen MR) is 101 cm³/mol. The lowest BCUT2D eigenvalue weighted by Gasteiger charge is -2.32. The Labute approximate surface area is 160 Å². The topological polar surface area (TPSA) is 55.6 Å². The lowest BCUT2D eigenvalue weighted by atomic mass is 10.1. The van der Waals surface area contributed by atoms with Gasteiger partial charge in [0.25, 0.3) is 0 Å². The number of hydrogen-bond donors (Lipinski definition) is 1. The van der Waals surface area contributed by atoms with Crippen LogP contribution in [0.1, 0.15) is 38.2 Å². The Morgan fingerprint density at radius 3 is 2.58 bits per heavy atom. The molecule has 1 aromatic rings. The number of nitrogens with zero attached hydrogens (tertiary/aromatic N) is 1. The number of hydrogen-bond acceptors (Lipinski definition) is 3. The first-order valence-electron chi connectivity index (χ1n) is 8.04. The van der Waals surface area contributed by atoms with Gasteiger partial charge >= 0.3 is 0 Å². The molecule has 0 radical (unpaired) electrons. The summed E-state index contributed by atoms with van der Waals surface area (Å²) in [7, 11) is 0. The first-order chi connectivity index (χ1) is 11.0. The molecule has 0 bridgehead atoms. The first kappa shape index (κ1) is 21.5. The molecule has 1 aromatic carbocycles. The number of halogens is 3. The molecule has 2 rings (SSSR count). The highest BCUT2D eigenvalue weighted by Crippen LogP contribution is 2.24. The van der Waals surface area contributed by atoms with Crippen LogP contribution in [0.2, 0.25) is 10.0 Å². The van der Waals surface area contributed by atoms with E-state index in [1.807, 2.05) is 24.0 Å². The fourth-order valence-corrected chi connectivity index (χ4v) is 2.95. The number of carbonyl (C=O) groups is 1. The van der Waals surface area contributed by atoms with Gasteiger partial charge < -0.3 is 15.4 Å². The highest BCUT2D eigenvalue weighted by atomic mass is 35.5. The summed E-state index contributed by atoms with van der Waals surface area (Å²) in [6.45, 7) is 3.95. The summed E-state index contributed by atoms with van der Waals surface area (Å²) < 4.78 is 5.93. The SMILES string of the molecule is CC(N)CCC(=O)N1CCC(OCc2ccc(Cl)c(Cl)c2)CC1.Cl. The Kier molecular flexibility index (Phi) is 9.39. The molecule has 1 fully saturated rings. The molecule has 7 heteroatoms. The van der Waals surface area contributed by atoms with Gasteiger partial charge in [0.15, 0.2) is 0 Å². The predicted octanol–water partition coefficient (Wildman–Crippen LogP) is 4.05. The molecular weight excluding hydrogens is 371 g/mol. The lowest BCUT2D eigenvalue weighted by Crippen LogP contribution is -2.41. The fourth-order valence-electron chi connectivity index (χ4n) is 2.62. The Morgan fingerprint density at radius 2 is 2.00 bits per heavy atom. The van der Waals surface area contributed by atoms with Crippen molar-refractivity contribution < 1.29 is 9.53 Å². The van der Waals surface area contributed by atoms with E-state index in [1.165, 1.54) is 0 Å². The average Bonchev–Trinajstić information content (AvgIpc) is 2.54. The molecule has 1 aliphatic rings. The lowest BCUT2D eigenvalue weighted by molar-refractivity contribution is -0.134. The minimum atomic E-state index is 0. The summed E-state index contributed by atoms with van der Waals surface area (Å²) in [4.78, 5) is 14.0. The molecule has 136 valence electrons. The second kappa shape index (κ2) is 10.5. The molecule has 0 saturated carbocycles. The molecular formula is C17H25Cl3N2O2. The van der Waals surface area contributed by atoms with Crippen molar-refractivity contribution in [3.8, 4) is 0 Å². The van der Waals surface area contributed by atoms with Crippen molar-refractivity contribution in [2.75, 3.05) is 13.1 Å².